The molecule has 0 radical (unpaired) electrons. The summed E-state index contributed by atoms with van der Waals surface area (Å²) in [5.41, 5.74) is 0. The Kier molecular flexibility index (Phi) is 68.8. The van der Waals surface area contributed by atoms with Crippen molar-refractivity contribution in [3.63, 3.8) is 0 Å². The maximum atomic E-state index is 12.9. The highest BCUT2D eigenvalue weighted by Gasteiger charge is 2.27. The highest BCUT2D eigenvalue weighted by Crippen LogP contribution is 2.43. The van der Waals surface area contributed by atoms with Crippen molar-refractivity contribution in [3.05, 3.63) is 72.9 Å². The lowest BCUT2D eigenvalue weighted by Crippen LogP contribution is -2.37. The van der Waals surface area contributed by atoms with Crippen LogP contribution in [0.4, 0.5) is 0 Å². The molecule has 0 heterocycles. The van der Waals surface area contributed by atoms with Crippen LogP contribution in [0.1, 0.15) is 373 Å². The second-order valence-corrected chi connectivity index (χ2v) is 28.8. The van der Waals surface area contributed by atoms with Gasteiger partial charge < -0.3 is 18.9 Å². The molecule has 10 heteroatoms. The molecule has 526 valence electrons. The summed E-state index contributed by atoms with van der Waals surface area (Å²) in [6.45, 7) is 4.36. The zero-order valence-electron chi connectivity index (χ0n) is 60.1. The fraction of sp³-hybridized carbons (Fsp3) is 0.825. The number of ether oxygens (including phenoxy) is 2. The molecule has 0 aliphatic carbocycles. The molecule has 90 heavy (non-hydrogen) atoms. The SMILES string of the molecule is CC/C=C\C/C=C\C/C=C\C/C=C\C/C=C\CCCCCCCCCCCC(=O)OC(COC(=O)CCCCCCCCCCCCCCCCCCCCCCCCCCCCCCC/C=C\CCCCCCCCCC)COP(=O)(O)OCC[N+](C)(C)C. The molecule has 0 spiro atoms. The zero-order chi connectivity index (χ0) is 65.5. The monoisotopic (exact) mass is 1280 g/mol. The first-order valence-electron chi connectivity index (χ1n) is 38.7. The van der Waals surface area contributed by atoms with Gasteiger partial charge in [0.25, 0.3) is 0 Å². The van der Waals surface area contributed by atoms with E-state index in [1.807, 2.05) is 21.1 Å². The Bertz CT molecular complexity index is 1750. The molecule has 0 bridgehead atoms. The molecule has 0 amide bonds. The number of esters is 2. The third-order valence-electron chi connectivity index (χ3n) is 17.2. The highest BCUT2D eigenvalue weighted by atomic mass is 31.2. The molecule has 0 saturated carbocycles. The summed E-state index contributed by atoms with van der Waals surface area (Å²) in [6.07, 6.45) is 96.2. The van der Waals surface area contributed by atoms with Crippen molar-refractivity contribution >= 4 is 19.8 Å². The first-order valence-corrected chi connectivity index (χ1v) is 40.2. The van der Waals surface area contributed by atoms with Gasteiger partial charge in [-0.15, -0.1) is 0 Å². The molecule has 0 aliphatic heterocycles. The van der Waals surface area contributed by atoms with E-state index in [1.165, 1.54) is 263 Å². The number of quaternary nitrogens is 1. The van der Waals surface area contributed by atoms with Crippen LogP contribution in [-0.4, -0.2) is 74.9 Å². The summed E-state index contributed by atoms with van der Waals surface area (Å²) < 4.78 is 34.8. The van der Waals surface area contributed by atoms with Gasteiger partial charge in [-0.1, -0.05) is 350 Å². The third kappa shape index (κ3) is 74.5. The first-order chi connectivity index (χ1) is 44.0. The van der Waals surface area contributed by atoms with Crippen LogP contribution in [0, 0.1) is 0 Å². The largest absolute Gasteiger partial charge is 0.472 e. The molecule has 0 aromatic carbocycles. The number of carbonyl (C=O) groups excluding carboxylic acids is 2. The van der Waals surface area contributed by atoms with E-state index in [-0.39, 0.29) is 32.0 Å². The van der Waals surface area contributed by atoms with Gasteiger partial charge in [-0.25, -0.2) is 4.57 Å². The summed E-state index contributed by atoms with van der Waals surface area (Å²) in [6, 6.07) is 0. The van der Waals surface area contributed by atoms with Gasteiger partial charge in [-0.05, 0) is 83.5 Å². The maximum Gasteiger partial charge on any atom is 0.472 e. The molecule has 0 fully saturated rings. The molecule has 0 aromatic heterocycles. The third-order valence-corrected chi connectivity index (χ3v) is 18.2. The predicted octanol–water partition coefficient (Wildman–Crippen LogP) is 25.5. The van der Waals surface area contributed by atoms with Crippen LogP contribution in [0.25, 0.3) is 0 Å². The number of hydrogen-bond acceptors (Lipinski definition) is 7. The molecule has 0 saturated heterocycles. The van der Waals surface area contributed by atoms with E-state index >= 15 is 0 Å². The van der Waals surface area contributed by atoms with Crippen LogP contribution in [0.3, 0.4) is 0 Å². The summed E-state index contributed by atoms with van der Waals surface area (Å²) >= 11 is 0. The molecular formula is C80H149NO8P+. The fourth-order valence-corrected chi connectivity index (χ4v) is 12.1. The molecule has 0 aromatic rings. The maximum absolute atomic E-state index is 12.9. The van der Waals surface area contributed by atoms with E-state index in [2.05, 4.69) is 86.8 Å². The van der Waals surface area contributed by atoms with Gasteiger partial charge >= 0.3 is 19.8 Å². The summed E-state index contributed by atoms with van der Waals surface area (Å²) in [7, 11) is 1.48. The second-order valence-electron chi connectivity index (χ2n) is 27.4. The first kappa shape index (κ1) is 87.5. The van der Waals surface area contributed by atoms with Crippen molar-refractivity contribution in [2.75, 3.05) is 47.5 Å². The quantitative estimate of drug-likeness (QED) is 0.0211. The van der Waals surface area contributed by atoms with Crippen molar-refractivity contribution < 1.29 is 42.1 Å². The van der Waals surface area contributed by atoms with Gasteiger partial charge in [0.2, 0.25) is 0 Å². The smallest absolute Gasteiger partial charge is 0.462 e. The Balaban J connectivity index is 3.90. The van der Waals surface area contributed by atoms with Gasteiger partial charge in [0, 0.05) is 12.8 Å². The van der Waals surface area contributed by atoms with Crippen molar-refractivity contribution in [2.45, 2.75) is 380 Å². The molecule has 2 unspecified atom stereocenters. The van der Waals surface area contributed by atoms with Gasteiger partial charge in [-0.3, -0.25) is 18.6 Å². The second kappa shape index (κ2) is 70.8. The molecule has 0 aliphatic rings. The number of hydrogen-bond donors (Lipinski definition) is 1. The van der Waals surface area contributed by atoms with Crippen LogP contribution >= 0.6 is 7.82 Å². The number of likely N-dealkylation sites (N-methyl/N-ethyl adjacent to an activating group) is 1. The van der Waals surface area contributed by atoms with E-state index in [0.717, 1.165) is 77.0 Å². The van der Waals surface area contributed by atoms with E-state index in [1.54, 1.807) is 0 Å². The molecular weight excluding hydrogens is 1130 g/mol. The van der Waals surface area contributed by atoms with Crippen LogP contribution in [0.2, 0.25) is 0 Å². The van der Waals surface area contributed by atoms with E-state index in [9.17, 15) is 19.0 Å². The average Bonchev–Trinajstić information content (AvgIpc) is 3.58. The van der Waals surface area contributed by atoms with Crippen LogP contribution < -0.4 is 0 Å². The number of allylic oxidation sites excluding steroid dienone is 12. The van der Waals surface area contributed by atoms with Gasteiger partial charge in [0.05, 0.1) is 27.7 Å². The van der Waals surface area contributed by atoms with Crippen molar-refractivity contribution in [3.8, 4) is 0 Å². The zero-order valence-corrected chi connectivity index (χ0v) is 61.0. The topological polar surface area (TPSA) is 108 Å². The van der Waals surface area contributed by atoms with Crippen LogP contribution in [0.15, 0.2) is 72.9 Å². The standard InChI is InChI=1S/C80H148NO8P/c1-6-8-10-12-14-16-18-20-22-24-26-28-30-32-33-34-35-36-37-38-39-40-41-42-43-44-45-46-47-49-50-52-54-56-58-60-62-64-66-68-70-72-79(82)86-76-78(77-88-90(84,85)87-75-74-81(3,4)5)89-80(83)73-71-69-67-65-63-61-59-57-55-53-51-48-31-29-27-25-23-21-19-17-15-13-11-9-7-2/h9,11,15,17,21,23-24,26-27,29,48,51,78H,6-8,10,12-14,16,18-20,22,25,28,30-47,49-50,52-77H2,1-5H3/p+1/b11-9-,17-15-,23-21-,26-24-,29-27-,51-48-. The Hall–Kier alpha value is -2.55. The Morgan fingerprint density at radius 3 is 0.956 bits per heavy atom. The molecule has 0 rings (SSSR count). The molecule has 1 N–H and O–H groups in total. The number of unbranched alkanes of at least 4 members (excludes halogenated alkanes) is 46. The van der Waals surface area contributed by atoms with Crippen molar-refractivity contribution in [1.29, 1.82) is 0 Å². The Morgan fingerprint density at radius 1 is 0.356 bits per heavy atom. The van der Waals surface area contributed by atoms with E-state index in [0.29, 0.717) is 17.4 Å². The normalized spacial score (nSPS) is 13.4. The lowest BCUT2D eigenvalue weighted by molar-refractivity contribution is -0.870. The number of phosphoric acid groups is 1. The Labute approximate surface area is 559 Å². The van der Waals surface area contributed by atoms with E-state index < -0.39 is 26.5 Å². The molecule has 9 nitrogen and oxygen atoms in total. The average molecular weight is 1280 g/mol. The Morgan fingerprint density at radius 2 is 0.633 bits per heavy atom. The number of nitrogens with zero attached hydrogens (tertiary/aromatic N) is 1. The summed E-state index contributed by atoms with van der Waals surface area (Å²) in [5, 5.41) is 0. The number of carbonyl (C=O) groups is 2. The lowest BCUT2D eigenvalue weighted by Gasteiger charge is -2.24. The minimum atomic E-state index is -4.40. The number of phosphoric ester groups is 1. The van der Waals surface area contributed by atoms with Crippen LogP contribution in [0.5, 0.6) is 0 Å². The predicted molar refractivity (Wildman–Crippen MR) is 390 cm³/mol. The molecule has 2 atom stereocenters. The number of rotatable bonds is 72. The van der Waals surface area contributed by atoms with Crippen molar-refractivity contribution in [2.24, 2.45) is 0 Å². The van der Waals surface area contributed by atoms with Crippen LogP contribution in [-0.2, 0) is 32.7 Å². The fourth-order valence-electron chi connectivity index (χ4n) is 11.3. The minimum absolute atomic E-state index is 0.0295. The van der Waals surface area contributed by atoms with Gasteiger partial charge in [0.1, 0.15) is 19.8 Å². The van der Waals surface area contributed by atoms with E-state index in [4.69, 9.17) is 18.5 Å². The minimum Gasteiger partial charge on any atom is -0.462 e. The summed E-state index contributed by atoms with van der Waals surface area (Å²) in [5.74, 6) is -0.791. The van der Waals surface area contributed by atoms with Crippen molar-refractivity contribution in [1.82, 2.24) is 0 Å². The lowest BCUT2D eigenvalue weighted by atomic mass is 10.0. The highest BCUT2D eigenvalue weighted by molar-refractivity contribution is 7.47. The van der Waals surface area contributed by atoms with Gasteiger partial charge in [0.15, 0.2) is 6.10 Å². The summed E-state index contributed by atoms with van der Waals surface area (Å²) in [4.78, 5) is 35.9. The van der Waals surface area contributed by atoms with Gasteiger partial charge in [-0.2, -0.15) is 0 Å².